The number of rotatable bonds is 7. The Labute approximate surface area is 330 Å². The summed E-state index contributed by atoms with van der Waals surface area (Å²) in [5.74, 6) is 0.698. The zero-order valence-corrected chi connectivity index (χ0v) is 34.6. The molecule has 2 aliphatic rings. The van der Waals surface area contributed by atoms with E-state index < -0.39 is 11.2 Å². The highest BCUT2D eigenvalue weighted by molar-refractivity contribution is 9.10. The molecule has 2 N–H and O–H groups in total. The van der Waals surface area contributed by atoms with E-state index in [1.54, 1.807) is 11.1 Å². The van der Waals surface area contributed by atoms with Gasteiger partial charge in [0.1, 0.15) is 23.1 Å². The SMILES string of the molecule is CC(C)(C)OC(=O)N1CCCC1CCNc1ccc(-c2ccc(Br)cc2)cc1.CC(C)(C)OC(=O)N1CCOCC1c1ncc(-c2ccc(Br)cc2)[nH]1. The fourth-order valence-electron chi connectivity index (χ4n) is 6.15. The maximum Gasteiger partial charge on any atom is 0.411 e. The van der Waals surface area contributed by atoms with Gasteiger partial charge < -0.3 is 29.4 Å². The number of nitrogens with one attached hydrogen (secondary N) is 2. The highest BCUT2D eigenvalue weighted by Crippen LogP contribution is 2.28. The van der Waals surface area contributed by atoms with Gasteiger partial charge in [0.15, 0.2) is 0 Å². The van der Waals surface area contributed by atoms with Gasteiger partial charge in [-0.3, -0.25) is 4.90 Å². The highest BCUT2D eigenvalue weighted by Gasteiger charge is 2.34. The van der Waals surface area contributed by atoms with E-state index in [1.807, 2.05) is 70.7 Å². The predicted octanol–water partition coefficient (Wildman–Crippen LogP) is 10.5. The summed E-state index contributed by atoms with van der Waals surface area (Å²) in [5.41, 5.74) is 4.45. The molecule has 6 rings (SSSR count). The van der Waals surface area contributed by atoms with Crippen LogP contribution in [0.4, 0.5) is 15.3 Å². The zero-order valence-electron chi connectivity index (χ0n) is 31.5. The third-order valence-corrected chi connectivity index (χ3v) is 9.75. The Bertz CT molecular complexity index is 1780. The smallest absolute Gasteiger partial charge is 0.411 e. The second-order valence-electron chi connectivity index (χ2n) is 15.2. The molecule has 0 aliphatic carbocycles. The molecule has 2 unspecified atom stereocenters. The molecule has 4 aromatic rings. The fraction of sp³-hybridized carbons (Fsp3) is 0.439. The van der Waals surface area contributed by atoms with Gasteiger partial charge in [0.05, 0.1) is 25.1 Å². The summed E-state index contributed by atoms with van der Waals surface area (Å²) in [5, 5.41) is 3.48. The molecule has 1 aromatic heterocycles. The van der Waals surface area contributed by atoms with E-state index in [2.05, 4.69) is 95.7 Å². The molecule has 2 saturated heterocycles. The van der Waals surface area contributed by atoms with Crippen molar-refractivity contribution in [1.82, 2.24) is 19.8 Å². The number of halogens is 2. The van der Waals surface area contributed by atoms with Crippen LogP contribution in [-0.4, -0.2) is 82.0 Å². The molecule has 0 saturated carbocycles. The minimum absolute atomic E-state index is 0.186. The van der Waals surface area contributed by atoms with Gasteiger partial charge in [0.25, 0.3) is 0 Å². The number of nitrogens with zero attached hydrogens (tertiary/aromatic N) is 3. The minimum Gasteiger partial charge on any atom is -0.444 e. The van der Waals surface area contributed by atoms with E-state index in [-0.39, 0.29) is 24.3 Å². The Morgan fingerprint density at radius 3 is 1.94 bits per heavy atom. The number of H-pyrrole nitrogens is 1. The highest BCUT2D eigenvalue weighted by atomic mass is 79.9. The van der Waals surface area contributed by atoms with Crippen molar-refractivity contribution in [3.8, 4) is 22.4 Å². The predicted molar refractivity (Wildman–Crippen MR) is 217 cm³/mol. The standard InChI is InChI=1S/C23H29BrN2O2.C18H22BrN3O3/c1-23(2,3)28-22(27)26-16-4-5-21(26)14-15-25-20-12-8-18(9-13-20)17-6-10-19(24)11-7-17;1-18(2,3)25-17(23)22-8-9-24-11-15(22)16-20-10-14(21-16)12-4-6-13(19)7-5-12/h6-13,21,25H,4-5,14-16H2,1-3H3;4-7,10,15H,8-9,11H2,1-3H3,(H,20,21). The van der Waals surface area contributed by atoms with Crippen molar-refractivity contribution in [3.05, 3.63) is 93.8 Å². The lowest BCUT2D eigenvalue weighted by atomic mass is 10.1. The summed E-state index contributed by atoms with van der Waals surface area (Å²) in [6, 6.07) is 24.7. The number of imidazole rings is 1. The number of hydrogen-bond donors (Lipinski definition) is 2. The molecule has 2 fully saturated rings. The first-order valence-corrected chi connectivity index (χ1v) is 19.7. The van der Waals surface area contributed by atoms with Crippen molar-refractivity contribution in [1.29, 1.82) is 0 Å². The summed E-state index contributed by atoms with van der Waals surface area (Å²) in [6.07, 6.45) is 4.26. The molecule has 2 amide bonds. The fourth-order valence-corrected chi connectivity index (χ4v) is 6.68. The Hall–Kier alpha value is -3.87. The molecule has 12 heteroatoms. The molecule has 0 spiro atoms. The van der Waals surface area contributed by atoms with E-state index in [1.165, 1.54) is 11.1 Å². The van der Waals surface area contributed by atoms with Crippen LogP contribution in [0.2, 0.25) is 0 Å². The summed E-state index contributed by atoms with van der Waals surface area (Å²) >= 11 is 6.90. The van der Waals surface area contributed by atoms with Crippen molar-refractivity contribution < 1.29 is 23.8 Å². The van der Waals surface area contributed by atoms with Crippen molar-refractivity contribution in [2.24, 2.45) is 0 Å². The van der Waals surface area contributed by atoms with Gasteiger partial charge in [-0.25, -0.2) is 14.6 Å². The van der Waals surface area contributed by atoms with Crippen molar-refractivity contribution in [3.63, 3.8) is 0 Å². The molecule has 2 aliphatic heterocycles. The van der Waals surface area contributed by atoms with E-state index in [4.69, 9.17) is 14.2 Å². The Kier molecular flexibility index (Phi) is 13.7. The van der Waals surface area contributed by atoms with Crippen molar-refractivity contribution in [2.45, 2.75) is 84.1 Å². The topological polar surface area (TPSA) is 109 Å². The first-order chi connectivity index (χ1) is 25.1. The van der Waals surface area contributed by atoms with Gasteiger partial charge in [-0.05, 0) is 114 Å². The average molecular weight is 854 g/mol. The average Bonchev–Trinajstić information content (AvgIpc) is 3.79. The molecule has 3 heterocycles. The molecule has 0 radical (unpaired) electrons. The number of ether oxygens (including phenoxy) is 3. The summed E-state index contributed by atoms with van der Waals surface area (Å²) < 4.78 is 18.7. The van der Waals surface area contributed by atoms with Crippen LogP contribution in [0, 0.1) is 0 Å². The number of carbonyl (C=O) groups excluding carboxylic acids is 2. The molecule has 0 bridgehead atoms. The first kappa shape index (κ1) is 40.3. The Morgan fingerprint density at radius 2 is 1.36 bits per heavy atom. The monoisotopic (exact) mass is 851 g/mol. The maximum absolute atomic E-state index is 12.5. The van der Waals surface area contributed by atoms with E-state index >= 15 is 0 Å². The lowest BCUT2D eigenvalue weighted by Crippen LogP contribution is -2.46. The second kappa shape index (κ2) is 18.0. The lowest BCUT2D eigenvalue weighted by Gasteiger charge is -2.35. The number of carbonyl (C=O) groups is 2. The third kappa shape index (κ3) is 12.1. The molecule has 2 atom stereocenters. The largest absolute Gasteiger partial charge is 0.444 e. The van der Waals surface area contributed by atoms with Gasteiger partial charge >= 0.3 is 12.2 Å². The van der Waals surface area contributed by atoms with Gasteiger partial charge in [0.2, 0.25) is 0 Å². The lowest BCUT2D eigenvalue weighted by molar-refractivity contribution is -0.0349. The van der Waals surface area contributed by atoms with Crippen LogP contribution in [0.25, 0.3) is 22.4 Å². The van der Waals surface area contributed by atoms with Crippen LogP contribution in [0.1, 0.15) is 72.7 Å². The quantitative estimate of drug-likeness (QED) is 0.191. The van der Waals surface area contributed by atoms with Crippen molar-refractivity contribution in [2.75, 3.05) is 38.2 Å². The van der Waals surface area contributed by atoms with Crippen LogP contribution in [-0.2, 0) is 14.2 Å². The summed E-state index contributed by atoms with van der Waals surface area (Å²) in [7, 11) is 0. The zero-order chi connectivity index (χ0) is 38.2. The van der Waals surface area contributed by atoms with E-state index in [9.17, 15) is 9.59 Å². The second-order valence-corrected chi connectivity index (χ2v) is 17.1. The normalized spacial score (nSPS) is 17.5. The first-order valence-electron chi connectivity index (χ1n) is 18.1. The molecule has 284 valence electrons. The Morgan fingerprint density at radius 1 is 0.811 bits per heavy atom. The maximum atomic E-state index is 12.5. The van der Waals surface area contributed by atoms with Crippen LogP contribution in [0.3, 0.4) is 0 Å². The molecule has 10 nitrogen and oxygen atoms in total. The number of hydrogen-bond acceptors (Lipinski definition) is 7. The number of benzene rings is 3. The van der Waals surface area contributed by atoms with E-state index in [0.717, 1.165) is 58.2 Å². The van der Waals surface area contributed by atoms with Crippen LogP contribution >= 0.6 is 31.9 Å². The van der Waals surface area contributed by atoms with Gasteiger partial charge in [-0.2, -0.15) is 0 Å². The molecular weight excluding hydrogens is 802 g/mol. The number of anilines is 1. The van der Waals surface area contributed by atoms with Gasteiger partial charge in [-0.1, -0.05) is 68.3 Å². The number of amides is 2. The van der Waals surface area contributed by atoms with Crippen molar-refractivity contribution >= 4 is 49.7 Å². The Balaban J connectivity index is 0.000000206. The molecule has 53 heavy (non-hydrogen) atoms. The summed E-state index contributed by atoms with van der Waals surface area (Å²) in [4.78, 5) is 36.2. The van der Waals surface area contributed by atoms with Crippen LogP contribution < -0.4 is 5.32 Å². The van der Waals surface area contributed by atoms with Gasteiger partial charge in [0, 0.05) is 40.3 Å². The van der Waals surface area contributed by atoms with Crippen LogP contribution in [0.5, 0.6) is 0 Å². The number of likely N-dealkylation sites (tertiary alicyclic amines) is 1. The molecular formula is C41H51Br2N5O5. The van der Waals surface area contributed by atoms with Crippen LogP contribution in [0.15, 0.2) is 87.9 Å². The number of aromatic amines is 1. The summed E-state index contributed by atoms with van der Waals surface area (Å²) in [6.45, 7) is 14.3. The minimum atomic E-state index is -0.536. The number of aromatic nitrogens is 2. The van der Waals surface area contributed by atoms with E-state index in [0.29, 0.717) is 25.6 Å². The third-order valence-electron chi connectivity index (χ3n) is 8.70. The number of morpholine rings is 1. The molecule has 3 aromatic carbocycles. The van der Waals surface area contributed by atoms with Gasteiger partial charge in [-0.15, -0.1) is 0 Å².